The normalized spacial score (nSPS) is 13.0. The second kappa shape index (κ2) is 12.3. The van der Waals surface area contributed by atoms with Crippen LogP contribution in [0.2, 0.25) is 0 Å². The van der Waals surface area contributed by atoms with Crippen molar-refractivity contribution >= 4 is 33.0 Å². The highest BCUT2D eigenvalue weighted by molar-refractivity contribution is 7.93. The number of benzene rings is 2. The maximum Gasteiger partial charge on any atom is 0.407 e. The second-order valence-electron chi connectivity index (χ2n) is 10.6. The maximum atomic E-state index is 14.8. The van der Waals surface area contributed by atoms with Gasteiger partial charge >= 0.3 is 6.09 Å². The fourth-order valence-electron chi connectivity index (χ4n) is 4.27. The quantitative estimate of drug-likeness (QED) is 0.223. The first-order valence-corrected chi connectivity index (χ1v) is 15.1. The van der Waals surface area contributed by atoms with Gasteiger partial charge in [-0.3, -0.25) is 4.40 Å². The predicted octanol–water partition coefficient (Wildman–Crippen LogP) is 6.11. The first kappa shape index (κ1) is 30.7. The van der Waals surface area contributed by atoms with E-state index in [1.54, 1.807) is 49.8 Å². The molecule has 13 heteroatoms. The molecular weight excluding hydrogens is 566 g/mol. The summed E-state index contributed by atoms with van der Waals surface area (Å²) in [6.07, 6.45) is 6.16. The van der Waals surface area contributed by atoms with Gasteiger partial charge in [0.2, 0.25) is 5.82 Å². The summed E-state index contributed by atoms with van der Waals surface area (Å²) in [5.41, 5.74) is 1.62. The van der Waals surface area contributed by atoms with Crippen LogP contribution in [-0.2, 0) is 14.5 Å². The molecule has 0 saturated carbocycles. The third-order valence-electron chi connectivity index (χ3n) is 6.16. The van der Waals surface area contributed by atoms with Crippen molar-refractivity contribution in [2.75, 3.05) is 31.8 Å². The molecule has 0 aliphatic rings. The minimum atomic E-state index is -2.69. The molecule has 1 atom stereocenters. The maximum absolute atomic E-state index is 14.8. The van der Waals surface area contributed by atoms with Crippen LogP contribution in [0.4, 0.5) is 25.1 Å². The predicted molar refractivity (Wildman–Crippen MR) is 158 cm³/mol. The Morgan fingerprint density at radius 1 is 1.14 bits per heavy atom. The average molecular weight is 601 g/mol. The number of hydrogen-bond acceptors (Lipinski definition) is 8. The van der Waals surface area contributed by atoms with Crippen molar-refractivity contribution < 1.29 is 27.3 Å². The van der Waals surface area contributed by atoms with Crippen molar-refractivity contribution in [2.24, 2.45) is 4.36 Å². The molecule has 10 nitrogen and oxygen atoms in total. The van der Waals surface area contributed by atoms with Gasteiger partial charge in [-0.2, -0.15) is 4.39 Å². The van der Waals surface area contributed by atoms with Gasteiger partial charge in [0.05, 0.1) is 40.2 Å². The Kier molecular flexibility index (Phi) is 9.00. The van der Waals surface area contributed by atoms with E-state index in [0.717, 1.165) is 5.56 Å². The van der Waals surface area contributed by atoms with Crippen LogP contribution in [0.3, 0.4) is 0 Å². The lowest BCUT2D eigenvalue weighted by atomic mass is 10.1. The third kappa shape index (κ3) is 6.96. The summed E-state index contributed by atoms with van der Waals surface area (Å²) in [7, 11) is -1.42. The number of aryl methyl sites for hydroxylation is 1. The van der Waals surface area contributed by atoms with E-state index in [1.807, 2.05) is 13.0 Å². The van der Waals surface area contributed by atoms with Crippen molar-refractivity contribution in [3.8, 4) is 17.0 Å². The number of carbonyl (C=O) groups is 1. The van der Waals surface area contributed by atoms with Crippen molar-refractivity contribution in [3.63, 3.8) is 0 Å². The number of methoxy groups -OCH3 is 1. The number of carbonyl (C=O) groups excluding carboxylic acids is 1. The van der Waals surface area contributed by atoms with Crippen LogP contribution in [0.1, 0.15) is 32.8 Å². The van der Waals surface area contributed by atoms with Crippen molar-refractivity contribution in [1.82, 2.24) is 19.7 Å². The number of amides is 1. The third-order valence-corrected chi connectivity index (χ3v) is 8.11. The van der Waals surface area contributed by atoms with E-state index in [2.05, 4.69) is 25.0 Å². The molecule has 1 amide bonds. The molecule has 2 aromatic heterocycles. The van der Waals surface area contributed by atoms with Crippen LogP contribution in [-0.4, -0.2) is 56.7 Å². The average Bonchev–Trinajstić information content (AvgIpc) is 3.34. The lowest BCUT2D eigenvalue weighted by molar-refractivity contribution is 0.0527. The van der Waals surface area contributed by atoms with E-state index in [-0.39, 0.29) is 11.3 Å². The molecular formula is C29H34F2N6O4S. The number of fused-ring (bicyclic) bond motifs is 1. The molecule has 0 saturated heterocycles. The fraction of sp³-hybridized carbons (Fsp3) is 0.345. The molecule has 2 aromatic carbocycles. The van der Waals surface area contributed by atoms with Crippen LogP contribution in [0.15, 0.2) is 58.2 Å². The number of alkyl carbamates (subject to hydrolysis) is 1. The molecule has 2 N–H and O–H groups in total. The second-order valence-corrected chi connectivity index (χ2v) is 12.9. The molecule has 0 aliphatic heterocycles. The van der Waals surface area contributed by atoms with Crippen LogP contribution >= 0.6 is 0 Å². The smallest absolute Gasteiger partial charge is 0.407 e. The molecule has 4 aromatic rings. The van der Waals surface area contributed by atoms with E-state index in [9.17, 15) is 17.8 Å². The van der Waals surface area contributed by atoms with E-state index in [0.29, 0.717) is 47.3 Å². The zero-order valence-electron chi connectivity index (χ0n) is 24.3. The first-order valence-electron chi connectivity index (χ1n) is 13.2. The monoisotopic (exact) mass is 600 g/mol. The lowest BCUT2D eigenvalue weighted by Crippen LogP contribution is -2.33. The Morgan fingerprint density at radius 3 is 2.60 bits per heavy atom. The molecule has 42 heavy (non-hydrogen) atoms. The Labute approximate surface area is 243 Å². The molecule has 224 valence electrons. The van der Waals surface area contributed by atoms with E-state index in [4.69, 9.17) is 9.47 Å². The summed E-state index contributed by atoms with van der Waals surface area (Å²) < 4.78 is 58.6. The van der Waals surface area contributed by atoms with Crippen LogP contribution < -0.4 is 15.4 Å². The molecule has 4 rings (SSSR count). The van der Waals surface area contributed by atoms with Gasteiger partial charge in [0.15, 0.2) is 23.0 Å². The molecule has 1 unspecified atom stereocenters. The Hall–Kier alpha value is -4.26. The number of ether oxygens (including phenoxy) is 2. The van der Waals surface area contributed by atoms with Crippen LogP contribution in [0.5, 0.6) is 5.75 Å². The zero-order valence-corrected chi connectivity index (χ0v) is 25.1. The molecule has 0 aliphatic carbocycles. The summed E-state index contributed by atoms with van der Waals surface area (Å²) in [6, 6.07) is 8.12. The number of nitrogens with zero attached hydrogens (tertiary/aromatic N) is 4. The van der Waals surface area contributed by atoms with Gasteiger partial charge in [-0.25, -0.2) is 27.7 Å². The van der Waals surface area contributed by atoms with Crippen molar-refractivity contribution in [1.29, 1.82) is 0 Å². The van der Waals surface area contributed by atoms with E-state index >= 15 is 0 Å². The van der Waals surface area contributed by atoms with Crippen LogP contribution in [0.25, 0.3) is 16.9 Å². The highest BCUT2D eigenvalue weighted by Gasteiger charge is 2.20. The summed E-state index contributed by atoms with van der Waals surface area (Å²) in [5, 5.41) is 5.87. The van der Waals surface area contributed by atoms with Crippen LogP contribution in [0, 0.1) is 18.6 Å². The largest absolute Gasteiger partial charge is 0.494 e. The van der Waals surface area contributed by atoms with Gasteiger partial charge in [-0.05, 0) is 70.0 Å². The number of hydrogen-bond donors (Lipinski definition) is 2. The van der Waals surface area contributed by atoms with Crippen molar-refractivity contribution in [2.45, 2.75) is 44.6 Å². The summed E-state index contributed by atoms with van der Waals surface area (Å²) >= 11 is 0. The molecule has 0 radical (unpaired) electrons. The molecule has 2 heterocycles. The van der Waals surface area contributed by atoms with Gasteiger partial charge in [0.1, 0.15) is 5.60 Å². The number of aromatic nitrogens is 3. The van der Waals surface area contributed by atoms with E-state index in [1.165, 1.54) is 31.6 Å². The Balaban J connectivity index is 1.48. The number of nitrogens with one attached hydrogen (secondary N) is 2. The summed E-state index contributed by atoms with van der Waals surface area (Å²) in [5.74, 6) is -1.91. The van der Waals surface area contributed by atoms with Gasteiger partial charge in [0, 0.05) is 36.4 Å². The highest BCUT2D eigenvalue weighted by Crippen LogP contribution is 2.32. The number of rotatable bonds is 9. The van der Waals surface area contributed by atoms with E-state index < -0.39 is 33.1 Å². The molecule has 0 bridgehead atoms. The SMILES string of the molecule is COc1ccc(-c2cnc3c(Nc4ccc(S(C)(=O)=NCCCNC(=O)OC(C)(C)C)c(C)c4)nccn23)c(F)c1F. The highest BCUT2D eigenvalue weighted by atomic mass is 32.2. The van der Waals surface area contributed by atoms with Gasteiger partial charge in [-0.15, -0.1) is 0 Å². The van der Waals surface area contributed by atoms with Crippen molar-refractivity contribution in [3.05, 3.63) is 66.1 Å². The minimum absolute atomic E-state index is 0.0280. The topological polar surface area (TPSA) is 119 Å². The Bertz CT molecular complexity index is 1740. The number of halogens is 2. The minimum Gasteiger partial charge on any atom is -0.494 e. The molecule has 0 fully saturated rings. The summed E-state index contributed by atoms with van der Waals surface area (Å²) in [6.45, 7) is 7.86. The standard InChI is InChI=1S/C29H34F2N6O4S/c1-18-16-19(8-11-23(18)42(6,39)35-13-7-12-33-28(38)41-29(2,3)4)36-26-27-34-17-21(37(27)15-14-32-26)20-9-10-22(40-5)25(31)24(20)30/h8-11,14-17H,7,12-13H2,1-6H3,(H,32,36)(H,33,38). The van der Waals surface area contributed by atoms with Gasteiger partial charge in [-0.1, -0.05) is 0 Å². The zero-order chi connectivity index (χ0) is 30.7. The Morgan fingerprint density at radius 2 is 1.90 bits per heavy atom. The lowest BCUT2D eigenvalue weighted by Gasteiger charge is -2.19. The fourth-order valence-corrected chi connectivity index (χ4v) is 5.87. The molecule has 0 spiro atoms. The van der Waals surface area contributed by atoms with Gasteiger partial charge in [0.25, 0.3) is 0 Å². The van der Waals surface area contributed by atoms with Gasteiger partial charge < -0.3 is 20.1 Å². The summed E-state index contributed by atoms with van der Waals surface area (Å²) in [4.78, 5) is 21.1. The number of anilines is 2. The number of imidazole rings is 1. The first-order chi connectivity index (χ1) is 19.8.